The van der Waals surface area contributed by atoms with Gasteiger partial charge in [-0.25, -0.2) is 0 Å². The van der Waals surface area contributed by atoms with Gasteiger partial charge in [-0.15, -0.1) is 10.2 Å². The van der Waals surface area contributed by atoms with E-state index >= 15 is 0 Å². The Morgan fingerprint density at radius 3 is 2.76 bits per heavy atom. The van der Waals surface area contributed by atoms with Gasteiger partial charge in [-0.2, -0.15) is 5.26 Å². The summed E-state index contributed by atoms with van der Waals surface area (Å²) in [4.78, 5) is 13.2. The molecule has 1 N–H and O–H groups in total. The number of rotatable bonds is 5. The second-order valence-electron chi connectivity index (χ2n) is 5.37. The van der Waals surface area contributed by atoms with Crippen LogP contribution in [0.5, 0.6) is 0 Å². The van der Waals surface area contributed by atoms with Crippen molar-refractivity contribution in [3.05, 3.63) is 47.7 Å². The van der Waals surface area contributed by atoms with E-state index in [-0.39, 0.29) is 11.7 Å². The van der Waals surface area contributed by atoms with Gasteiger partial charge in [-0.05, 0) is 61.0 Å². The zero-order chi connectivity index (χ0) is 17.8. The summed E-state index contributed by atoms with van der Waals surface area (Å²) in [7, 11) is 0. The topological polar surface area (TPSA) is 83.1 Å². The lowest BCUT2D eigenvalue weighted by Gasteiger charge is -2.12. The number of anilines is 1. The SMILES string of the molecule is Cc1cc(SC#N)cc(C)c1NC(=O)CSc1nnc2ccccn12. The normalized spacial score (nSPS) is 10.6. The lowest BCUT2D eigenvalue weighted by Crippen LogP contribution is -2.16. The van der Waals surface area contributed by atoms with Gasteiger partial charge in [0.15, 0.2) is 10.8 Å². The first kappa shape index (κ1) is 17.3. The average Bonchev–Trinajstić information content (AvgIpc) is 3.00. The molecule has 2 heterocycles. The number of thiocyanates is 1. The van der Waals surface area contributed by atoms with Crippen LogP contribution in [0.2, 0.25) is 0 Å². The molecule has 8 heteroatoms. The van der Waals surface area contributed by atoms with Crippen molar-refractivity contribution in [1.29, 1.82) is 5.26 Å². The molecule has 0 unspecified atom stereocenters. The number of aromatic nitrogens is 3. The lowest BCUT2D eigenvalue weighted by atomic mass is 10.1. The van der Waals surface area contributed by atoms with Crippen molar-refractivity contribution >= 4 is 40.8 Å². The number of hydrogen-bond donors (Lipinski definition) is 1. The second kappa shape index (κ2) is 7.59. The Morgan fingerprint density at radius 2 is 2.04 bits per heavy atom. The molecule has 3 rings (SSSR count). The summed E-state index contributed by atoms with van der Waals surface area (Å²) in [5.74, 6) is 0.132. The average molecular weight is 369 g/mol. The molecule has 0 aliphatic rings. The maximum absolute atomic E-state index is 12.3. The van der Waals surface area contributed by atoms with Gasteiger partial charge < -0.3 is 5.32 Å². The number of aryl methyl sites for hydroxylation is 2. The molecule has 0 fully saturated rings. The molecule has 2 aromatic heterocycles. The van der Waals surface area contributed by atoms with Gasteiger partial charge in [-0.1, -0.05) is 17.8 Å². The third-order valence-corrected chi connectivity index (χ3v) is 5.05. The number of carbonyl (C=O) groups excluding carboxylic acids is 1. The molecule has 6 nitrogen and oxygen atoms in total. The van der Waals surface area contributed by atoms with Crippen LogP contribution in [0.1, 0.15) is 11.1 Å². The first-order valence-electron chi connectivity index (χ1n) is 7.48. The van der Waals surface area contributed by atoms with E-state index in [0.29, 0.717) is 5.16 Å². The van der Waals surface area contributed by atoms with Gasteiger partial charge in [0.1, 0.15) is 5.40 Å². The van der Waals surface area contributed by atoms with Crippen LogP contribution in [-0.2, 0) is 4.79 Å². The highest BCUT2D eigenvalue weighted by Crippen LogP contribution is 2.28. The number of fused-ring (bicyclic) bond motifs is 1. The second-order valence-corrected chi connectivity index (χ2v) is 7.17. The van der Waals surface area contributed by atoms with E-state index in [1.807, 2.05) is 54.8 Å². The molecule has 0 saturated heterocycles. The molecule has 0 aliphatic heterocycles. The third kappa shape index (κ3) is 3.95. The zero-order valence-electron chi connectivity index (χ0n) is 13.7. The molecule has 126 valence electrons. The molecule has 3 aromatic rings. The fourth-order valence-corrected chi connectivity index (χ4v) is 3.76. The predicted octanol–water partition coefficient (Wildman–Crippen LogP) is 3.65. The molecule has 25 heavy (non-hydrogen) atoms. The van der Waals surface area contributed by atoms with Crippen LogP contribution in [0.4, 0.5) is 5.69 Å². The molecule has 0 radical (unpaired) electrons. The fourth-order valence-electron chi connectivity index (χ4n) is 2.46. The van der Waals surface area contributed by atoms with Crippen LogP contribution in [-0.4, -0.2) is 26.3 Å². The minimum atomic E-state index is -0.107. The first-order chi connectivity index (χ1) is 12.1. The zero-order valence-corrected chi connectivity index (χ0v) is 15.3. The molecule has 1 aromatic carbocycles. The number of nitrogens with zero attached hydrogens (tertiary/aromatic N) is 4. The molecule has 0 saturated carbocycles. The van der Waals surface area contributed by atoms with Crippen molar-refractivity contribution in [1.82, 2.24) is 14.6 Å². The van der Waals surface area contributed by atoms with Crippen molar-refractivity contribution < 1.29 is 4.79 Å². The van der Waals surface area contributed by atoms with E-state index < -0.39 is 0 Å². The number of hydrogen-bond acceptors (Lipinski definition) is 6. The van der Waals surface area contributed by atoms with Crippen molar-refractivity contribution in [3.63, 3.8) is 0 Å². The Morgan fingerprint density at radius 1 is 1.28 bits per heavy atom. The Labute approximate surface area is 153 Å². The maximum Gasteiger partial charge on any atom is 0.234 e. The van der Waals surface area contributed by atoms with Gasteiger partial charge in [0, 0.05) is 16.8 Å². The molecule has 0 spiro atoms. The predicted molar refractivity (Wildman–Crippen MR) is 99.7 cm³/mol. The summed E-state index contributed by atoms with van der Waals surface area (Å²) in [6.07, 6.45) is 1.87. The highest BCUT2D eigenvalue weighted by Gasteiger charge is 2.12. The summed E-state index contributed by atoms with van der Waals surface area (Å²) >= 11 is 2.45. The minimum absolute atomic E-state index is 0.107. The van der Waals surface area contributed by atoms with E-state index in [4.69, 9.17) is 5.26 Å². The van der Waals surface area contributed by atoms with Crippen LogP contribution in [0, 0.1) is 24.5 Å². The summed E-state index contributed by atoms with van der Waals surface area (Å²) < 4.78 is 1.85. The van der Waals surface area contributed by atoms with Crippen molar-refractivity contribution in [2.75, 3.05) is 11.1 Å². The number of nitriles is 1. The highest BCUT2D eigenvalue weighted by atomic mass is 32.2. The van der Waals surface area contributed by atoms with E-state index in [9.17, 15) is 4.79 Å². The van der Waals surface area contributed by atoms with E-state index in [2.05, 4.69) is 20.9 Å². The summed E-state index contributed by atoms with van der Waals surface area (Å²) in [5, 5.41) is 22.6. The third-order valence-electron chi connectivity index (χ3n) is 3.55. The quantitative estimate of drug-likeness (QED) is 0.546. The number of nitrogens with one attached hydrogen (secondary N) is 1. The monoisotopic (exact) mass is 369 g/mol. The standard InChI is InChI=1S/C17H15N5OS2/c1-11-7-13(25-10-18)8-12(2)16(11)19-15(23)9-24-17-21-20-14-5-3-4-6-22(14)17/h3-8H,9H2,1-2H3,(H,19,23). The largest absolute Gasteiger partial charge is 0.325 e. The number of thioether (sulfide) groups is 2. The van der Waals surface area contributed by atoms with E-state index in [0.717, 1.165) is 39.1 Å². The van der Waals surface area contributed by atoms with Crippen LogP contribution in [0.25, 0.3) is 5.65 Å². The van der Waals surface area contributed by atoms with Gasteiger partial charge in [0.05, 0.1) is 5.75 Å². The Balaban J connectivity index is 1.68. The van der Waals surface area contributed by atoms with Crippen LogP contribution in [0.15, 0.2) is 46.6 Å². The lowest BCUT2D eigenvalue weighted by molar-refractivity contribution is -0.113. The summed E-state index contributed by atoms with van der Waals surface area (Å²) in [5.41, 5.74) is 3.41. The van der Waals surface area contributed by atoms with Crippen molar-refractivity contribution in [3.8, 4) is 5.40 Å². The molecular formula is C17H15N5OS2. The Hall–Kier alpha value is -2.50. The summed E-state index contributed by atoms with van der Waals surface area (Å²) in [6.45, 7) is 3.84. The molecular weight excluding hydrogens is 354 g/mol. The number of benzene rings is 1. The van der Waals surface area contributed by atoms with Gasteiger partial charge in [0.2, 0.25) is 5.91 Å². The first-order valence-corrected chi connectivity index (χ1v) is 9.28. The highest BCUT2D eigenvalue weighted by molar-refractivity contribution is 8.03. The Kier molecular flexibility index (Phi) is 5.26. The number of amides is 1. The van der Waals surface area contributed by atoms with Gasteiger partial charge in [0.25, 0.3) is 0 Å². The maximum atomic E-state index is 12.3. The van der Waals surface area contributed by atoms with Crippen LogP contribution >= 0.6 is 23.5 Å². The summed E-state index contributed by atoms with van der Waals surface area (Å²) in [6, 6.07) is 9.45. The minimum Gasteiger partial charge on any atom is -0.325 e. The Bertz CT molecular complexity index is 954. The fraction of sp³-hybridized carbons (Fsp3) is 0.176. The van der Waals surface area contributed by atoms with Gasteiger partial charge in [-0.3, -0.25) is 9.20 Å². The van der Waals surface area contributed by atoms with Crippen molar-refractivity contribution in [2.24, 2.45) is 0 Å². The molecule has 0 bridgehead atoms. The molecule has 0 atom stereocenters. The van der Waals surface area contributed by atoms with E-state index in [1.165, 1.54) is 11.8 Å². The van der Waals surface area contributed by atoms with Crippen LogP contribution < -0.4 is 5.32 Å². The van der Waals surface area contributed by atoms with E-state index in [1.54, 1.807) is 0 Å². The van der Waals surface area contributed by atoms with Gasteiger partial charge >= 0.3 is 0 Å². The van der Waals surface area contributed by atoms with Crippen LogP contribution in [0.3, 0.4) is 0 Å². The number of carbonyl (C=O) groups is 1. The molecule has 1 amide bonds. The smallest absolute Gasteiger partial charge is 0.234 e. The molecule has 0 aliphatic carbocycles. The number of pyridine rings is 1. The van der Waals surface area contributed by atoms with Crippen molar-refractivity contribution in [2.45, 2.75) is 23.9 Å².